The molecule has 0 bridgehead atoms. The van der Waals surface area contributed by atoms with Crippen molar-refractivity contribution in [2.45, 2.75) is 19.1 Å². The Labute approximate surface area is 145 Å². The molecule has 4 nitrogen and oxygen atoms in total. The van der Waals surface area contributed by atoms with Gasteiger partial charge in [-0.05, 0) is 36.1 Å². The molecule has 2 heterocycles. The van der Waals surface area contributed by atoms with Crippen LogP contribution in [0.4, 0.5) is 4.39 Å². The maximum absolute atomic E-state index is 13.0. The zero-order valence-electron chi connectivity index (χ0n) is 13.6. The normalized spacial score (nSPS) is 19.8. The lowest BCUT2D eigenvalue weighted by atomic mass is 10.1. The molecule has 1 aliphatic rings. The minimum absolute atomic E-state index is 0.00987. The van der Waals surface area contributed by atoms with Gasteiger partial charge >= 0.3 is 0 Å². The van der Waals surface area contributed by atoms with E-state index in [1.165, 1.54) is 12.1 Å². The molecule has 1 aliphatic heterocycles. The third-order valence-electron chi connectivity index (χ3n) is 4.11. The number of hydrogen-bond acceptors (Lipinski definition) is 4. The summed E-state index contributed by atoms with van der Waals surface area (Å²) in [5, 5.41) is 5.04. The van der Waals surface area contributed by atoms with Gasteiger partial charge in [0.2, 0.25) is 5.91 Å². The van der Waals surface area contributed by atoms with Crippen LogP contribution in [0.5, 0.6) is 0 Å². The molecule has 2 unspecified atom stereocenters. The van der Waals surface area contributed by atoms with E-state index in [0.29, 0.717) is 19.7 Å². The van der Waals surface area contributed by atoms with E-state index < -0.39 is 0 Å². The van der Waals surface area contributed by atoms with Crippen molar-refractivity contribution in [2.75, 3.05) is 26.2 Å². The number of ether oxygens (including phenoxy) is 1. The van der Waals surface area contributed by atoms with Crippen molar-refractivity contribution in [3.05, 3.63) is 58.0 Å². The number of halogens is 1. The summed E-state index contributed by atoms with van der Waals surface area (Å²) in [5.41, 5.74) is 0.938. The Kier molecular flexibility index (Phi) is 5.60. The third-order valence-corrected chi connectivity index (χ3v) is 5.16. The number of nitrogens with one attached hydrogen (secondary N) is 1. The van der Waals surface area contributed by atoms with Crippen LogP contribution in [-0.2, 0) is 9.53 Å². The zero-order valence-corrected chi connectivity index (χ0v) is 14.4. The average molecular weight is 348 g/mol. The monoisotopic (exact) mass is 348 g/mol. The van der Waals surface area contributed by atoms with Crippen molar-refractivity contribution in [1.82, 2.24) is 10.2 Å². The molecule has 3 rings (SSSR count). The number of rotatable bonds is 5. The molecule has 1 amide bonds. The molecule has 1 aromatic heterocycles. The smallest absolute Gasteiger partial charge is 0.234 e. The van der Waals surface area contributed by atoms with Crippen molar-refractivity contribution in [3.8, 4) is 0 Å². The van der Waals surface area contributed by atoms with Crippen LogP contribution < -0.4 is 5.32 Å². The molecule has 1 fully saturated rings. The summed E-state index contributed by atoms with van der Waals surface area (Å²) in [4.78, 5) is 15.5. The van der Waals surface area contributed by atoms with Crippen LogP contribution in [0, 0.1) is 5.82 Å². The largest absolute Gasteiger partial charge is 0.371 e. The molecule has 2 atom stereocenters. The number of carbonyl (C=O) groups is 1. The quantitative estimate of drug-likeness (QED) is 0.903. The summed E-state index contributed by atoms with van der Waals surface area (Å²) < 4.78 is 18.8. The summed E-state index contributed by atoms with van der Waals surface area (Å²) in [6, 6.07) is 10.4. The molecule has 0 spiro atoms. The topological polar surface area (TPSA) is 41.6 Å². The lowest BCUT2D eigenvalue weighted by Crippen LogP contribution is -2.44. The van der Waals surface area contributed by atoms with Gasteiger partial charge in [0.25, 0.3) is 0 Å². The number of hydrogen-bond donors (Lipinski definition) is 1. The number of carbonyl (C=O) groups excluding carboxylic acids is 1. The van der Waals surface area contributed by atoms with Crippen molar-refractivity contribution in [1.29, 1.82) is 0 Å². The summed E-state index contributed by atoms with van der Waals surface area (Å²) in [6.07, 6.45) is -0.123. The Morgan fingerprint density at radius 3 is 2.92 bits per heavy atom. The Bertz CT molecular complexity index is 660. The van der Waals surface area contributed by atoms with Crippen LogP contribution in [-0.4, -0.2) is 37.0 Å². The van der Waals surface area contributed by atoms with E-state index >= 15 is 0 Å². The maximum atomic E-state index is 13.0. The van der Waals surface area contributed by atoms with E-state index in [-0.39, 0.29) is 23.9 Å². The Morgan fingerprint density at radius 1 is 1.42 bits per heavy atom. The number of morpholine rings is 1. The Morgan fingerprint density at radius 2 is 2.21 bits per heavy atom. The van der Waals surface area contributed by atoms with Gasteiger partial charge in [0.15, 0.2) is 0 Å². The molecule has 0 aliphatic carbocycles. The minimum Gasteiger partial charge on any atom is -0.371 e. The lowest BCUT2D eigenvalue weighted by molar-refractivity contribution is -0.125. The molecule has 2 aromatic rings. The van der Waals surface area contributed by atoms with Crippen molar-refractivity contribution >= 4 is 17.2 Å². The van der Waals surface area contributed by atoms with Gasteiger partial charge in [-0.15, -0.1) is 11.3 Å². The van der Waals surface area contributed by atoms with Gasteiger partial charge in [0.05, 0.1) is 25.3 Å². The van der Waals surface area contributed by atoms with Crippen LogP contribution in [0.3, 0.4) is 0 Å². The minimum atomic E-state index is -0.256. The molecular weight excluding hydrogens is 327 g/mol. The SMILES string of the molecule is CC(NC(=O)CN1CCOC(c2ccc(F)cc2)C1)c1cccs1. The van der Waals surface area contributed by atoms with Crippen molar-refractivity contribution in [3.63, 3.8) is 0 Å². The van der Waals surface area contributed by atoms with E-state index in [1.807, 2.05) is 24.4 Å². The summed E-state index contributed by atoms with van der Waals surface area (Å²) >= 11 is 1.64. The molecule has 1 saturated heterocycles. The van der Waals surface area contributed by atoms with E-state index in [0.717, 1.165) is 17.0 Å². The molecule has 6 heteroatoms. The van der Waals surface area contributed by atoms with Crippen molar-refractivity contribution in [2.24, 2.45) is 0 Å². The van der Waals surface area contributed by atoms with Gasteiger partial charge in [0.1, 0.15) is 5.82 Å². The maximum Gasteiger partial charge on any atom is 0.234 e. The predicted molar refractivity (Wildman–Crippen MR) is 92.4 cm³/mol. The van der Waals surface area contributed by atoms with Crippen LogP contribution in [0.15, 0.2) is 41.8 Å². The fourth-order valence-electron chi connectivity index (χ4n) is 2.82. The van der Waals surface area contributed by atoms with Gasteiger partial charge in [0, 0.05) is 18.0 Å². The Balaban J connectivity index is 1.53. The highest BCUT2D eigenvalue weighted by Crippen LogP contribution is 2.22. The second-order valence-corrected chi connectivity index (χ2v) is 6.93. The fourth-order valence-corrected chi connectivity index (χ4v) is 3.56. The van der Waals surface area contributed by atoms with Gasteiger partial charge < -0.3 is 10.1 Å². The first-order chi connectivity index (χ1) is 11.6. The second-order valence-electron chi connectivity index (χ2n) is 5.95. The molecule has 1 aromatic carbocycles. The third kappa shape index (κ3) is 4.41. The summed E-state index contributed by atoms with van der Waals surface area (Å²) in [7, 11) is 0. The van der Waals surface area contributed by atoms with E-state index in [1.54, 1.807) is 23.5 Å². The Hall–Kier alpha value is -1.76. The van der Waals surface area contributed by atoms with Gasteiger partial charge in [-0.25, -0.2) is 4.39 Å². The first kappa shape index (κ1) is 17.1. The molecule has 24 heavy (non-hydrogen) atoms. The van der Waals surface area contributed by atoms with E-state index in [4.69, 9.17) is 4.74 Å². The van der Waals surface area contributed by atoms with Gasteiger partial charge in [-0.2, -0.15) is 0 Å². The standard InChI is InChI=1S/C18H21FN2O2S/c1-13(17-3-2-10-24-17)20-18(22)12-21-8-9-23-16(11-21)14-4-6-15(19)7-5-14/h2-7,10,13,16H,8-9,11-12H2,1H3,(H,20,22). The summed E-state index contributed by atoms with van der Waals surface area (Å²) in [6.45, 7) is 4.25. The zero-order chi connectivity index (χ0) is 16.9. The summed E-state index contributed by atoms with van der Waals surface area (Å²) in [5.74, 6) is -0.246. The first-order valence-electron chi connectivity index (χ1n) is 8.04. The van der Waals surface area contributed by atoms with Crippen LogP contribution in [0.1, 0.15) is 29.5 Å². The highest BCUT2D eigenvalue weighted by Gasteiger charge is 2.24. The molecule has 1 N–H and O–H groups in total. The van der Waals surface area contributed by atoms with E-state index in [9.17, 15) is 9.18 Å². The number of nitrogens with zero attached hydrogens (tertiary/aromatic N) is 1. The van der Waals surface area contributed by atoms with Gasteiger partial charge in [-0.1, -0.05) is 18.2 Å². The molecular formula is C18H21FN2O2S. The van der Waals surface area contributed by atoms with E-state index in [2.05, 4.69) is 10.2 Å². The average Bonchev–Trinajstić information content (AvgIpc) is 3.10. The molecule has 0 saturated carbocycles. The molecule has 128 valence electrons. The fraction of sp³-hybridized carbons (Fsp3) is 0.389. The number of amides is 1. The van der Waals surface area contributed by atoms with Crippen molar-refractivity contribution < 1.29 is 13.9 Å². The lowest BCUT2D eigenvalue weighted by Gasteiger charge is -2.32. The van der Waals surface area contributed by atoms with Crippen LogP contribution >= 0.6 is 11.3 Å². The van der Waals surface area contributed by atoms with Crippen LogP contribution in [0.25, 0.3) is 0 Å². The van der Waals surface area contributed by atoms with Gasteiger partial charge in [-0.3, -0.25) is 9.69 Å². The predicted octanol–water partition coefficient (Wildman–Crippen LogP) is 3.14. The first-order valence-corrected chi connectivity index (χ1v) is 8.92. The number of thiophene rings is 1. The number of benzene rings is 1. The highest BCUT2D eigenvalue weighted by molar-refractivity contribution is 7.10. The second kappa shape index (κ2) is 7.88. The molecule has 0 radical (unpaired) electrons. The highest BCUT2D eigenvalue weighted by atomic mass is 32.1. The van der Waals surface area contributed by atoms with Crippen LogP contribution in [0.2, 0.25) is 0 Å².